The van der Waals surface area contributed by atoms with E-state index < -0.39 is 28.5 Å². The number of cyclic esters (lactones) is 1. The molecule has 0 radical (unpaired) electrons. The summed E-state index contributed by atoms with van der Waals surface area (Å²) in [6.07, 6.45) is 3.05. The zero-order valence-electron chi connectivity index (χ0n) is 29.4. The minimum atomic E-state index is -1.13. The van der Waals surface area contributed by atoms with Crippen LogP contribution in [0.3, 0.4) is 0 Å². The zero-order valence-corrected chi connectivity index (χ0v) is 30.2. The molecule has 264 valence electrons. The van der Waals surface area contributed by atoms with Crippen LogP contribution in [-0.4, -0.2) is 80.6 Å². The molecule has 7 rings (SSSR count). The SMILES string of the molecule is COc1ccc(COCCCN2C(=O)[C@H](SC)[C@]34c5ccc(OC)cc5N(Cc5ccc(OC)cc5)[C@H]3C3=C(C[C@H]24)OC(C)(C)OC3=O)cc1. The summed E-state index contributed by atoms with van der Waals surface area (Å²) in [7, 11) is 4.94. The molecule has 0 N–H and O–H groups in total. The Bertz CT molecular complexity index is 1790. The molecule has 0 aromatic heterocycles. The molecule has 0 unspecified atom stereocenters. The average molecular weight is 701 g/mol. The van der Waals surface area contributed by atoms with Gasteiger partial charge in [-0.3, -0.25) is 4.79 Å². The monoisotopic (exact) mass is 700 g/mol. The van der Waals surface area contributed by atoms with E-state index in [1.54, 1.807) is 46.9 Å². The molecule has 1 spiro atoms. The largest absolute Gasteiger partial charge is 0.497 e. The predicted octanol–water partition coefficient (Wildman–Crippen LogP) is 5.86. The number of likely N-dealkylation sites (tertiary alicyclic amines) is 1. The van der Waals surface area contributed by atoms with Crippen LogP contribution in [0.4, 0.5) is 5.69 Å². The van der Waals surface area contributed by atoms with Crippen LogP contribution >= 0.6 is 11.8 Å². The van der Waals surface area contributed by atoms with Crippen LogP contribution in [0, 0.1) is 0 Å². The van der Waals surface area contributed by atoms with Gasteiger partial charge in [0.25, 0.3) is 0 Å². The molecule has 3 aliphatic heterocycles. The maximum Gasteiger partial charge on any atom is 0.342 e. The molecule has 1 fully saturated rings. The van der Waals surface area contributed by atoms with Gasteiger partial charge in [-0.15, -0.1) is 0 Å². The van der Waals surface area contributed by atoms with Gasteiger partial charge in [0.1, 0.15) is 23.0 Å². The Morgan fingerprint density at radius 1 is 0.840 bits per heavy atom. The number of thioether (sulfide) groups is 1. The number of ether oxygens (including phenoxy) is 6. The van der Waals surface area contributed by atoms with Crippen molar-refractivity contribution < 1.29 is 38.0 Å². The predicted molar refractivity (Wildman–Crippen MR) is 191 cm³/mol. The van der Waals surface area contributed by atoms with E-state index >= 15 is 0 Å². The standard InChI is InChI=1S/C39H44N2O8S/c1-38(2)48-31-21-32-39(35(50-6)36(42)40(32)18-7-19-47-23-25-10-14-27(45-4)15-11-25)29-17-16-28(46-5)20-30(29)41(34(39)33(31)37(43)49-38)22-24-8-12-26(44-3)13-9-24/h8-17,20,32,34-35H,7,18-19,21-23H2,1-6H3/t32-,34-,35-,39-/m0/s1. The highest BCUT2D eigenvalue weighted by Gasteiger charge is 2.72. The van der Waals surface area contributed by atoms with Gasteiger partial charge in [-0.2, -0.15) is 11.8 Å². The van der Waals surface area contributed by atoms with Gasteiger partial charge >= 0.3 is 5.97 Å². The summed E-state index contributed by atoms with van der Waals surface area (Å²) >= 11 is 1.55. The Morgan fingerprint density at radius 2 is 1.48 bits per heavy atom. The molecular formula is C39H44N2O8S. The van der Waals surface area contributed by atoms with Crippen molar-refractivity contribution in [2.24, 2.45) is 0 Å². The summed E-state index contributed by atoms with van der Waals surface area (Å²) in [6, 6.07) is 21.0. The molecule has 4 aliphatic rings. The van der Waals surface area contributed by atoms with Gasteiger partial charge in [-0.25, -0.2) is 4.79 Å². The second-order valence-corrected chi connectivity index (χ2v) is 14.5. The number of methoxy groups -OCH3 is 3. The van der Waals surface area contributed by atoms with E-state index in [2.05, 4.69) is 11.0 Å². The lowest BCUT2D eigenvalue weighted by molar-refractivity contribution is -0.211. The summed E-state index contributed by atoms with van der Waals surface area (Å²) < 4.78 is 34.9. The molecular weight excluding hydrogens is 657 g/mol. The highest BCUT2D eigenvalue weighted by Crippen LogP contribution is 2.63. The topological polar surface area (TPSA) is 96.0 Å². The number of carbonyl (C=O) groups is 2. The van der Waals surface area contributed by atoms with Crippen LogP contribution in [0.25, 0.3) is 0 Å². The van der Waals surface area contributed by atoms with E-state index in [4.69, 9.17) is 28.4 Å². The Balaban J connectivity index is 1.28. The molecule has 3 aromatic rings. The zero-order chi connectivity index (χ0) is 35.2. The van der Waals surface area contributed by atoms with Crippen molar-refractivity contribution in [1.29, 1.82) is 0 Å². The van der Waals surface area contributed by atoms with Crippen LogP contribution in [0.15, 0.2) is 78.1 Å². The first-order chi connectivity index (χ1) is 24.1. The number of hydrogen-bond acceptors (Lipinski definition) is 10. The normalized spacial score (nSPS) is 24.6. The summed E-state index contributed by atoms with van der Waals surface area (Å²) in [5.74, 6) is 1.37. The number of benzene rings is 3. The van der Waals surface area contributed by atoms with Crippen molar-refractivity contribution in [1.82, 2.24) is 4.90 Å². The molecule has 1 aliphatic carbocycles. The fourth-order valence-corrected chi connectivity index (χ4v) is 9.46. The lowest BCUT2D eigenvalue weighted by atomic mass is 9.63. The van der Waals surface area contributed by atoms with E-state index in [9.17, 15) is 9.59 Å². The fraction of sp³-hybridized carbons (Fsp3) is 0.436. The highest BCUT2D eigenvalue weighted by molar-refractivity contribution is 8.00. The van der Waals surface area contributed by atoms with Crippen molar-refractivity contribution in [2.75, 3.05) is 45.6 Å². The highest BCUT2D eigenvalue weighted by atomic mass is 32.2. The average Bonchev–Trinajstić information content (AvgIpc) is 3.52. The van der Waals surface area contributed by atoms with Gasteiger partial charge in [0.2, 0.25) is 11.7 Å². The third-order valence-electron chi connectivity index (χ3n) is 10.4. The van der Waals surface area contributed by atoms with Crippen LogP contribution in [0.5, 0.6) is 17.2 Å². The van der Waals surface area contributed by atoms with Crippen LogP contribution < -0.4 is 19.1 Å². The lowest BCUT2D eigenvalue weighted by Gasteiger charge is -2.50. The molecule has 0 bridgehead atoms. The summed E-state index contributed by atoms with van der Waals surface area (Å²) in [4.78, 5) is 33.1. The third-order valence-corrected chi connectivity index (χ3v) is 11.4. The minimum Gasteiger partial charge on any atom is -0.497 e. The number of anilines is 1. The number of carbonyl (C=O) groups excluding carboxylic acids is 2. The Hall–Kier alpha value is -4.35. The van der Waals surface area contributed by atoms with Crippen molar-refractivity contribution >= 4 is 29.3 Å². The van der Waals surface area contributed by atoms with E-state index in [1.165, 1.54) is 0 Å². The van der Waals surface area contributed by atoms with E-state index in [0.717, 1.165) is 33.9 Å². The van der Waals surface area contributed by atoms with Gasteiger partial charge in [0, 0.05) is 51.7 Å². The number of nitrogens with zero attached hydrogens (tertiary/aromatic N) is 2. The maximum absolute atomic E-state index is 14.7. The molecule has 0 saturated carbocycles. The van der Waals surface area contributed by atoms with E-state index in [1.807, 2.05) is 71.8 Å². The van der Waals surface area contributed by atoms with Crippen LogP contribution in [0.2, 0.25) is 0 Å². The van der Waals surface area contributed by atoms with Gasteiger partial charge in [0.05, 0.1) is 56.3 Å². The maximum atomic E-state index is 14.7. The second kappa shape index (κ2) is 13.4. The van der Waals surface area contributed by atoms with E-state index in [0.29, 0.717) is 56.2 Å². The number of hydrogen-bond donors (Lipinski definition) is 0. The van der Waals surface area contributed by atoms with Gasteiger partial charge in [-0.05, 0) is 59.7 Å². The fourth-order valence-electron chi connectivity index (χ4n) is 8.32. The smallest absolute Gasteiger partial charge is 0.342 e. The molecule has 11 heteroatoms. The molecule has 1 amide bonds. The van der Waals surface area contributed by atoms with Gasteiger partial charge in [-0.1, -0.05) is 30.3 Å². The summed E-state index contributed by atoms with van der Waals surface area (Å²) in [5, 5.41) is -0.456. The van der Waals surface area contributed by atoms with Crippen molar-refractivity contribution in [3.8, 4) is 17.2 Å². The first-order valence-corrected chi connectivity index (χ1v) is 18.2. The first kappa shape index (κ1) is 34.1. The molecule has 3 heterocycles. The molecule has 3 aromatic carbocycles. The van der Waals surface area contributed by atoms with Crippen molar-refractivity contribution in [3.05, 3.63) is 94.8 Å². The molecule has 4 atom stereocenters. The Morgan fingerprint density at radius 3 is 2.12 bits per heavy atom. The minimum absolute atomic E-state index is 0.0585. The van der Waals surface area contributed by atoms with Gasteiger partial charge in [0.15, 0.2) is 0 Å². The number of fused-ring (bicyclic) bond motifs is 2. The quantitative estimate of drug-likeness (QED) is 0.169. The Kier molecular flexibility index (Phi) is 9.15. The molecule has 50 heavy (non-hydrogen) atoms. The van der Waals surface area contributed by atoms with E-state index in [-0.39, 0.29) is 11.9 Å². The Labute approximate surface area is 297 Å². The van der Waals surface area contributed by atoms with Gasteiger partial charge < -0.3 is 38.2 Å². The van der Waals surface area contributed by atoms with Crippen LogP contribution in [-0.2, 0) is 42.4 Å². The number of amides is 1. The first-order valence-electron chi connectivity index (χ1n) is 16.9. The summed E-state index contributed by atoms with van der Waals surface area (Å²) in [5.41, 5.74) is 3.76. The lowest BCUT2D eigenvalue weighted by Crippen LogP contribution is -2.62. The van der Waals surface area contributed by atoms with Crippen LogP contribution in [0.1, 0.15) is 43.4 Å². The third kappa shape index (κ3) is 5.64. The van der Waals surface area contributed by atoms with Crippen molar-refractivity contribution in [2.45, 2.75) is 68.4 Å². The number of esters is 1. The molecule has 10 nitrogen and oxygen atoms in total. The molecule has 1 saturated heterocycles. The number of rotatable bonds is 12. The second-order valence-electron chi connectivity index (χ2n) is 13.5. The van der Waals surface area contributed by atoms with Crippen molar-refractivity contribution in [3.63, 3.8) is 0 Å². The summed E-state index contributed by atoms with van der Waals surface area (Å²) in [6.45, 7) is 5.45.